The molecule has 0 saturated carbocycles. The molecular formula is C34H35N5O6. The number of methoxy groups -OCH3 is 2. The lowest BCUT2D eigenvalue weighted by Gasteiger charge is -2.37. The smallest absolute Gasteiger partial charge is 0.302 e. The number of esters is 1. The van der Waals surface area contributed by atoms with Gasteiger partial charge in [-0.05, 0) is 41.0 Å². The largest absolute Gasteiger partial charge is 0.497 e. The summed E-state index contributed by atoms with van der Waals surface area (Å²) in [6.07, 6.45) is 1.87. The Hall–Kier alpha value is -5.00. The number of anilines is 1. The van der Waals surface area contributed by atoms with Crippen LogP contribution in [-0.2, 0) is 24.6 Å². The summed E-state index contributed by atoms with van der Waals surface area (Å²) in [6.45, 7) is 1.50. The third-order valence-electron chi connectivity index (χ3n) is 8.04. The number of ether oxygens (including phenoxy) is 5. The highest BCUT2D eigenvalue weighted by molar-refractivity contribution is 5.82. The maximum absolute atomic E-state index is 12.2. The Morgan fingerprint density at radius 1 is 0.911 bits per heavy atom. The average molecular weight is 610 g/mol. The van der Waals surface area contributed by atoms with Gasteiger partial charge in [-0.25, -0.2) is 15.0 Å². The second-order valence-corrected chi connectivity index (χ2v) is 10.6. The van der Waals surface area contributed by atoms with Crippen molar-refractivity contribution in [3.8, 4) is 11.5 Å². The monoisotopic (exact) mass is 609 g/mol. The molecule has 6 rings (SSSR count). The van der Waals surface area contributed by atoms with E-state index in [1.54, 1.807) is 27.6 Å². The highest BCUT2D eigenvalue weighted by atomic mass is 16.6. The van der Waals surface area contributed by atoms with Gasteiger partial charge in [-0.2, -0.15) is 0 Å². The first kappa shape index (κ1) is 30.0. The Morgan fingerprint density at radius 3 is 2.11 bits per heavy atom. The summed E-state index contributed by atoms with van der Waals surface area (Å²) in [4.78, 5) is 25.4. The standard InChI is InChI=1S/C34H35N5O6/c1-22(40)44-28-18-30(39-21-38-31-32(35-2)36-20-37-33(31)39)45-29(28)19-43-34(23-8-6-5-7-9-23,24-10-14-26(41-3)15-11-24)25-12-16-27(42-4)17-13-25/h5-17,20-21,28-30H,18-19H2,1-4H3,(H,35,36,37). The third-order valence-corrected chi connectivity index (χ3v) is 8.04. The Kier molecular flexibility index (Phi) is 8.63. The molecule has 232 valence electrons. The van der Waals surface area contributed by atoms with E-state index in [9.17, 15) is 4.79 Å². The topological polar surface area (TPSA) is 119 Å². The second-order valence-electron chi connectivity index (χ2n) is 10.6. The summed E-state index contributed by atoms with van der Waals surface area (Å²) in [5.41, 5.74) is 2.85. The third kappa shape index (κ3) is 5.79. The molecule has 0 spiro atoms. The minimum Gasteiger partial charge on any atom is -0.497 e. The first-order chi connectivity index (χ1) is 22.0. The molecule has 0 amide bonds. The molecule has 1 aliphatic heterocycles. The summed E-state index contributed by atoms with van der Waals surface area (Å²) in [6, 6.07) is 25.6. The number of carbonyl (C=O) groups is 1. The lowest BCUT2D eigenvalue weighted by Crippen LogP contribution is -2.39. The normalized spacial score (nSPS) is 18.1. The number of nitrogens with zero attached hydrogens (tertiary/aromatic N) is 4. The van der Waals surface area contributed by atoms with Gasteiger partial charge >= 0.3 is 5.97 Å². The van der Waals surface area contributed by atoms with E-state index < -0.39 is 30.0 Å². The van der Waals surface area contributed by atoms with Gasteiger partial charge in [0.1, 0.15) is 47.4 Å². The molecule has 11 nitrogen and oxygen atoms in total. The van der Waals surface area contributed by atoms with E-state index in [4.69, 9.17) is 23.7 Å². The number of hydrogen-bond donors (Lipinski definition) is 1. The van der Waals surface area contributed by atoms with Crippen molar-refractivity contribution in [1.29, 1.82) is 0 Å². The summed E-state index contributed by atoms with van der Waals surface area (Å²) in [5.74, 6) is 1.67. The van der Waals surface area contributed by atoms with Crippen LogP contribution in [0, 0.1) is 0 Å². The van der Waals surface area contributed by atoms with Crippen LogP contribution in [0.4, 0.5) is 5.82 Å². The van der Waals surface area contributed by atoms with Crippen LogP contribution in [0.25, 0.3) is 11.2 Å². The number of benzene rings is 3. The second kappa shape index (κ2) is 12.9. The van der Waals surface area contributed by atoms with Crippen LogP contribution in [0.15, 0.2) is 91.5 Å². The van der Waals surface area contributed by atoms with Gasteiger partial charge in [0.05, 0.1) is 27.2 Å². The van der Waals surface area contributed by atoms with E-state index in [2.05, 4.69) is 20.3 Å². The molecular weight excluding hydrogens is 574 g/mol. The van der Waals surface area contributed by atoms with Gasteiger partial charge in [-0.1, -0.05) is 54.6 Å². The van der Waals surface area contributed by atoms with Crippen molar-refractivity contribution in [2.24, 2.45) is 0 Å². The molecule has 1 aliphatic rings. The van der Waals surface area contributed by atoms with Crippen LogP contribution < -0.4 is 14.8 Å². The average Bonchev–Trinajstić information content (AvgIpc) is 3.69. The Labute approximate surface area is 261 Å². The molecule has 1 N–H and O–H groups in total. The fourth-order valence-electron chi connectivity index (χ4n) is 5.89. The van der Waals surface area contributed by atoms with Gasteiger partial charge in [-0.3, -0.25) is 9.36 Å². The van der Waals surface area contributed by atoms with E-state index in [-0.39, 0.29) is 6.61 Å². The van der Waals surface area contributed by atoms with Gasteiger partial charge < -0.3 is 29.0 Å². The SMILES string of the molecule is CNc1ncnc2c1ncn2C1CC(OC(C)=O)C(COC(c2ccccc2)(c2ccc(OC)cc2)c2ccc(OC)cc2)O1. The zero-order chi connectivity index (χ0) is 31.4. The predicted molar refractivity (Wildman–Crippen MR) is 167 cm³/mol. The minimum absolute atomic E-state index is 0.102. The minimum atomic E-state index is -1.06. The Balaban J connectivity index is 1.40. The highest BCUT2D eigenvalue weighted by Gasteiger charge is 2.44. The molecule has 3 unspecified atom stereocenters. The fraction of sp³-hybridized carbons (Fsp3) is 0.294. The van der Waals surface area contributed by atoms with Crippen LogP contribution in [-0.4, -0.2) is 65.6 Å². The zero-order valence-corrected chi connectivity index (χ0v) is 25.5. The molecule has 1 fully saturated rings. The summed E-state index contributed by atoms with van der Waals surface area (Å²) in [5, 5.41) is 3.04. The molecule has 2 aromatic heterocycles. The van der Waals surface area contributed by atoms with Crippen molar-refractivity contribution in [3.63, 3.8) is 0 Å². The van der Waals surface area contributed by atoms with Crippen molar-refractivity contribution >= 4 is 23.0 Å². The lowest BCUT2D eigenvalue weighted by molar-refractivity contribution is -0.153. The summed E-state index contributed by atoms with van der Waals surface area (Å²) in [7, 11) is 5.05. The van der Waals surface area contributed by atoms with E-state index >= 15 is 0 Å². The van der Waals surface area contributed by atoms with Crippen molar-refractivity contribution in [2.75, 3.05) is 33.2 Å². The molecule has 0 aliphatic carbocycles. The molecule has 45 heavy (non-hydrogen) atoms. The van der Waals surface area contributed by atoms with Crippen LogP contribution in [0.3, 0.4) is 0 Å². The van der Waals surface area contributed by atoms with Gasteiger partial charge in [0.15, 0.2) is 11.5 Å². The van der Waals surface area contributed by atoms with Crippen molar-refractivity contribution in [3.05, 3.63) is 108 Å². The lowest BCUT2D eigenvalue weighted by atomic mass is 9.80. The van der Waals surface area contributed by atoms with E-state index in [0.29, 0.717) is 23.4 Å². The molecule has 3 atom stereocenters. The molecule has 11 heteroatoms. The summed E-state index contributed by atoms with van der Waals surface area (Å²) < 4.78 is 32.2. The van der Waals surface area contributed by atoms with Gasteiger partial charge in [0.25, 0.3) is 0 Å². The highest BCUT2D eigenvalue weighted by Crippen LogP contribution is 2.43. The van der Waals surface area contributed by atoms with Gasteiger partial charge in [0, 0.05) is 20.4 Å². The molecule has 0 radical (unpaired) electrons. The van der Waals surface area contributed by atoms with Crippen LogP contribution in [0.1, 0.15) is 36.3 Å². The molecule has 3 aromatic carbocycles. The number of carbonyl (C=O) groups excluding carboxylic acids is 1. The van der Waals surface area contributed by atoms with Crippen molar-refractivity contribution in [1.82, 2.24) is 19.5 Å². The van der Waals surface area contributed by atoms with Crippen molar-refractivity contribution in [2.45, 2.75) is 37.4 Å². The molecule has 5 aromatic rings. The first-order valence-corrected chi connectivity index (χ1v) is 14.6. The Morgan fingerprint density at radius 2 is 1.53 bits per heavy atom. The Bertz CT molecular complexity index is 1700. The number of fused-ring (bicyclic) bond motifs is 1. The van der Waals surface area contributed by atoms with E-state index in [1.807, 2.05) is 83.4 Å². The molecule has 3 heterocycles. The number of nitrogens with one attached hydrogen (secondary N) is 1. The quantitative estimate of drug-likeness (QED) is 0.160. The molecule has 1 saturated heterocycles. The maximum atomic E-state index is 12.2. The predicted octanol–water partition coefficient (Wildman–Crippen LogP) is 5.11. The number of rotatable bonds is 11. The number of imidazole rings is 1. The first-order valence-electron chi connectivity index (χ1n) is 14.6. The van der Waals surface area contributed by atoms with E-state index in [1.165, 1.54) is 13.3 Å². The fourth-order valence-corrected chi connectivity index (χ4v) is 5.89. The number of aromatic nitrogens is 4. The van der Waals surface area contributed by atoms with Gasteiger partial charge in [0.2, 0.25) is 0 Å². The van der Waals surface area contributed by atoms with Crippen LogP contribution in [0.5, 0.6) is 11.5 Å². The van der Waals surface area contributed by atoms with Crippen LogP contribution in [0.2, 0.25) is 0 Å². The number of hydrogen-bond acceptors (Lipinski definition) is 10. The van der Waals surface area contributed by atoms with Crippen molar-refractivity contribution < 1.29 is 28.5 Å². The summed E-state index contributed by atoms with van der Waals surface area (Å²) >= 11 is 0. The van der Waals surface area contributed by atoms with Gasteiger partial charge in [-0.15, -0.1) is 0 Å². The zero-order valence-electron chi connectivity index (χ0n) is 25.5. The maximum Gasteiger partial charge on any atom is 0.302 e. The van der Waals surface area contributed by atoms with E-state index in [0.717, 1.165) is 28.2 Å². The van der Waals surface area contributed by atoms with Crippen LogP contribution >= 0.6 is 0 Å². The molecule has 0 bridgehead atoms.